The zero-order valence-corrected chi connectivity index (χ0v) is 81.7. The molecule has 4 unspecified atom stereocenters. The maximum Gasteiger partial charge on any atom is 0.119 e. The van der Waals surface area contributed by atoms with E-state index in [1.54, 1.807) is 13.2 Å². The number of aryl methyl sites for hydroxylation is 1. The van der Waals surface area contributed by atoms with Gasteiger partial charge < -0.3 is 34.3 Å². The first-order valence-electron chi connectivity index (χ1n) is 49.6. The number of rotatable bonds is 37. The Morgan fingerprint density at radius 1 is 0.308 bits per heavy atom. The summed E-state index contributed by atoms with van der Waals surface area (Å²) in [4.78, 5) is 25.6. The minimum atomic E-state index is 0.218. The number of hydrogen-bond acceptors (Lipinski definition) is 12. The SMILES string of the molecule is CC(C)c1ccc(CN(CCC2CCCN2C)Cc2ccccc2)cc1.CN1CCCC1CCN(Cc1ccccc1)Cc1ccc(C(C)(C)C)cc1.CN1CCC[C@H]1CCN(Cc1cccc(O)c1)Cc1ccc2ccccc2c1.COc1cccc(CN(CCC2CCCN2C)Cc2ccccc2)c1.Cc1cccc(CN(CCC2CCCN2C)Cc2ccccc2)c1. The number of phenolic OH excluding ortho intramolecular Hbond substituents is 1. The third-order valence-electron chi connectivity index (χ3n) is 28.1. The van der Waals surface area contributed by atoms with E-state index in [4.69, 9.17) is 4.74 Å². The molecule has 0 saturated carbocycles. The highest BCUT2D eigenvalue weighted by atomic mass is 16.5. The second-order valence-electron chi connectivity index (χ2n) is 39.9. The Morgan fingerprint density at radius 3 is 0.915 bits per heavy atom. The van der Waals surface area contributed by atoms with Crippen LogP contribution in [0.2, 0.25) is 0 Å². The van der Waals surface area contributed by atoms with Crippen molar-refractivity contribution in [2.75, 3.05) is 108 Å². The van der Waals surface area contributed by atoms with E-state index in [2.05, 4.69) is 387 Å². The largest absolute Gasteiger partial charge is 0.508 e. The van der Waals surface area contributed by atoms with E-state index >= 15 is 0 Å². The lowest BCUT2D eigenvalue weighted by Crippen LogP contribution is -2.31. The molecule has 16 rings (SSSR count). The zero-order valence-electron chi connectivity index (χ0n) is 81.7. The van der Waals surface area contributed by atoms with E-state index in [1.807, 2.05) is 18.2 Å². The first kappa shape index (κ1) is 99.9. The minimum Gasteiger partial charge on any atom is -0.508 e. The van der Waals surface area contributed by atoms with Crippen LogP contribution < -0.4 is 4.74 Å². The summed E-state index contributed by atoms with van der Waals surface area (Å²) < 4.78 is 5.38. The Hall–Kier alpha value is -9.12. The minimum absolute atomic E-state index is 0.218. The fourth-order valence-electron chi connectivity index (χ4n) is 20.1. The molecule has 0 radical (unpaired) electrons. The smallest absolute Gasteiger partial charge is 0.119 e. The van der Waals surface area contributed by atoms with Gasteiger partial charge in [-0.25, -0.2) is 0 Å². The van der Waals surface area contributed by atoms with Crippen molar-refractivity contribution in [3.63, 3.8) is 0 Å². The van der Waals surface area contributed by atoms with Crippen LogP contribution in [0.5, 0.6) is 11.5 Å². The quantitative estimate of drug-likeness (QED) is 0.0404. The summed E-state index contributed by atoms with van der Waals surface area (Å²) in [7, 11) is 13.1. The summed E-state index contributed by atoms with van der Waals surface area (Å²) in [5.74, 6) is 1.88. The number of ether oxygens (including phenoxy) is 1. The number of aromatic hydroxyl groups is 1. The van der Waals surface area contributed by atoms with Crippen LogP contribution in [-0.4, -0.2) is 192 Å². The zero-order chi connectivity index (χ0) is 91.2. The van der Waals surface area contributed by atoms with Gasteiger partial charge in [0.1, 0.15) is 11.5 Å². The molecule has 5 aliphatic rings. The number of benzene rings is 11. The van der Waals surface area contributed by atoms with Gasteiger partial charge in [-0.2, -0.15) is 0 Å². The molecule has 0 bridgehead atoms. The predicted octanol–water partition coefficient (Wildman–Crippen LogP) is 24.5. The first-order chi connectivity index (χ1) is 63.1. The summed E-state index contributed by atoms with van der Waals surface area (Å²) in [5.41, 5.74) is 18.1. The van der Waals surface area contributed by atoms with Gasteiger partial charge in [-0.05, 0) is 290 Å². The lowest BCUT2D eigenvalue weighted by atomic mass is 9.87. The number of methoxy groups -OCH3 is 1. The van der Waals surface area contributed by atoms with Crippen LogP contribution in [0, 0.1) is 6.92 Å². The van der Waals surface area contributed by atoms with Crippen LogP contribution >= 0.6 is 0 Å². The van der Waals surface area contributed by atoms with Crippen molar-refractivity contribution >= 4 is 10.8 Å². The summed E-state index contributed by atoms with van der Waals surface area (Å²) >= 11 is 0. The van der Waals surface area contributed by atoms with E-state index in [1.165, 1.54) is 212 Å². The van der Waals surface area contributed by atoms with Crippen LogP contribution in [-0.2, 0) is 70.9 Å². The summed E-state index contributed by atoms with van der Waals surface area (Å²) in [5, 5.41) is 12.4. The fraction of sp³-hybridized carbons (Fsp3) is 0.458. The van der Waals surface area contributed by atoms with E-state index in [0.717, 1.165) is 128 Å². The third kappa shape index (κ3) is 34.2. The molecule has 11 aromatic rings. The Bertz CT molecular complexity index is 4970. The predicted molar refractivity (Wildman–Crippen MR) is 550 cm³/mol. The molecule has 5 aliphatic heterocycles. The van der Waals surface area contributed by atoms with Crippen molar-refractivity contribution in [1.29, 1.82) is 0 Å². The highest BCUT2D eigenvalue weighted by molar-refractivity contribution is 5.83. The third-order valence-corrected chi connectivity index (χ3v) is 28.1. The first-order valence-corrected chi connectivity index (χ1v) is 49.6. The number of nitrogens with zero attached hydrogens (tertiary/aromatic N) is 10. The van der Waals surface area contributed by atoms with E-state index in [0.29, 0.717) is 17.7 Å². The van der Waals surface area contributed by atoms with Crippen molar-refractivity contribution in [3.8, 4) is 11.5 Å². The summed E-state index contributed by atoms with van der Waals surface area (Å²) in [6.45, 7) is 35.4. The van der Waals surface area contributed by atoms with E-state index < -0.39 is 0 Å². The molecule has 130 heavy (non-hydrogen) atoms. The van der Waals surface area contributed by atoms with Crippen molar-refractivity contribution < 1.29 is 9.84 Å². The van der Waals surface area contributed by atoms with Gasteiger partial charge in [-0.15, -0.1) is 0 Å². The molecule has 0 amide bonds. The van der Waals surface area contributed by atoms with Crippen LogP contribution in [0.25, 0.3) is 10.8 Å². The average Bonchev–Trinajstić information content (AvgIpc) is 1.22. The highest BCUT2D eigenvalue weighted by Gasteiger charge is 2.28. The average molecular weight is 1750 g/mol. The van der Waals surface area contributed by atoms with Crippen LogP contribution in [0.15, 0.2) is 285 Å². The van der Waals surface area contributed by atoms with Crippen molar-refractivity contribution in [2.45, 2.75) is 245 Å². The topological polar surface area (TPSA) is 61.9 Å². The van der Waals surface area contributed by atoms with Gasteiger partial charge >= 0.3 is 0 Å². The lowest BCUT2D eigenvalue weighted by molar-refractivity contribution is 0.211. The monoisotopic (exact) mass is 1750 g/mol. The normalized spacial score (nSPS) is 18.1. The maximum absolute atomic E-state index is 9.85. The molecule has 0 spiro atoms. The van der Waals surface area contributed by atoms with Gasteiger partial charge in [-0.3, -0.25) is 24.5 Å². The summed E-state index contributed by atoms with van der Waals surface area (Å²) in [6.07, 6.45) is 19.7. The van der Waals surface area contributed by atoms with Crippen molar-refractivity contribution in [3.05, 3.63) is 357 Å². The van der Waals surface area contributed by atoms with Gasteiger partial charge in [0.15, 0.2) is 0 Å². The molecule has 0 aliphatic carbocycles. The molecular formula is C118H160N10O2. The molecule has 5 atom stereocenters. The molecule has 694 valence electrons. The Kier molecular flexibility index (Phi) is 40.7. The standard InChI is InChI=1S/C25H30N2O.C25H36N2.C24H34N2.C22H30N2O.C22H30N2/c1-26-14-5-9-24(26)13-15-27(18-20-6-4-10-25(28)17-20)19-21-11-12-22-7-2-3-8-23(22)16-21;1-25(2,3)23-14-12-22(13-15-23)20-27(19-21-9-6-5-7-10-21)18-16-24-11-8-17-26(24)4;1-20(2)23-13-11-22(12-14-23)19-26(18-21-8-5-4-6-9-21)17-15-24-10-7-16-25(24)3;1-23-14-7-11-21(23)13-15-24(17-19-8-4-3-5-9-19)18-20-10-6-12-22(16-20)25-2;1-19-8-6-11-21(16-19)18-24(17-20-9-4-3-5-10-20)15-13-22-12-7-14-23(22)2/h2-4,6-8,10-12,16-17,24,28H,5,9,13-15,18-19H2,1H3;5-7,9-10,12-15,24H,8,11,16-20H2,1-4H3;4-6,8-9,11-14,20,24H,7,10,15-19H2,1-3H3;3-6,8-10,12,16,21H,7,11,13-15,17-18H2,1-2H3;3-6,8-11,16,22H,7,12-15,17-18H2,1-2H3/t24-;;;;/m0..../s1. The van der Waals surface area contributed by atoms with Gasteiger partial charge in [0.2, 0.25) is 0 Å². The number of fused-ring (bicyclic) bond motifs is 1. The van der Waals surface area contributed by atoms with E-state index in [9.17, 15) is 5.11 Å². The van der Waals surface area contributed by atoms with Crippen LogP contribution in [0.1, 0.15) is 209 Å². The Balaban J connectivity index is 0.000000147. The summed E-state index contributed by atoms with van der Waals surface area (Å²) in [6, 6.07) is 106. The maximum atomic E-state index is 9.85. The Labute approximate surface area is 786 Å². The molecule has 1 N–H and O–H groups in total. The molecule has 0 aromatic heterocycles. The molecular weight excluding hydrogens is 1590 g/mol. The van der Waals surface area contributed by atoms with Crippen molar-refractivity contribution in [2.24, 2.45) is 0 Å². The Morgan fingerprint density at radius 2 is 0.592 bits per heavy atom. The number of phenols is 1. The van der Waals surface area contributed by atoms with Crippen molar-refractivity contribution in [1.82, 2.24) is 49.0 Å². The van der Waals surface area contributed by atoms with E-state index in [-0.39, 0.29) is 5.41 Å². The number of likely N-dealkylation sites (tertiary alicyclic amines) is 5. The second kappa shape index (κ2) is 52.9. The lowest BCUT2D eigenvalue weighted by Gasteiger charge is -2.27. The van der Waals surface area contributed by atoms with Crippen LogP contribution in [0.4, 0.5) is 0 Å². The second-order valence-corrected chi connectivity index (χ2v) is 39.9. The van der Waals surface area contributed by atoms with Gasteiger partial charge in [0.05, 0.1) is 7.11 Å². The molecule has 12 nitrogen and oxygen atoms in total. The fourth-order valence-corrected chi connectivity index (χ4v) is 20.1. The highest BCUT2D eigenvalue weighted by Crippen LogP contribution is 2.30. The van der Waals surface area contributed by atoms with Crippen LogP contribution in [0.3, 0.4) is 0 Å². The molecule has 5 fully saturated rings. The van der Waals surface area contributed by atoms with Gasteiger partial charge in [0, 0.05) is 128 Å². The molecule has 5 heterocycles. The molecule has 11 aromatic carbocycles. The molecule has 12 heteroatoms. The molecule has 5 saturated heterocycles. The number of hydrogen-bond donors (Lipinski definition) is 1. The van der Waals surface area contributed by atoms with Gasteiger partial charge in [0.25, 0.3) is 0 Å². The van der Waals surface area contributed by atoms with Gasteiger partial charge in [-0.1, -0.05) is 295 Å².